The van der Waals surface area contributed by atoms with Crippen LogP contribution in [-0.2, 0) is 16.8 Å². The van der Waals surface area contributed by atoms with Crippen LogP contribution >= 0.6 is 0 Å². The van der Waals surface area contributed by atoms with Crippen LogP contribution in [-0.4, -0.2) is 24.5 Å². The molecule has 2 aliphatic heterocycles. The van der Waals surface area contributed by atoms with Crippen molar-refractivity contribution in [1.29, 1.82) is 0 Å². The molecule has 4 rings (SSSR count). The summed E-state index contributed by atoms with van der Waals surface area (Å²) in [5, 5.41) is 0. The number of hydrogen-bond acceptors (Lipinski definition) is 2. The normalized spacial score (nSPS) is 26.8. The molecular formula is C17H17NO2. The lowest BCUT2D eigenvalue weighted by Gasteiger charge is -2.46. The van der Waals surface area contributed by atoms with E-state index in [0.29, 0.717) is 0 Å². The van der Waals surface area contributed by atoms with Crippen molar-refractivity contribution < 1.29 is 9.53 Å². The number of ether oxygens (including phenoxy) is 1. The number of rotatable bonds is 1. The third-order valence-corrected chi connectivity index (χ3v) is 4.82. The first-order chi connectivity index (χ1) is 9.75. The lowest BCUT2D eigenvalue weighted by atomic mass is 9.72. The number of methoxy groups -OCH3 is 1. The molecule has 1 unspecified atom stereocenters. The van der Waals surface area contributed by atoms with Crippen LogP contribution in [0.15, 0.2) is 42.0 Å². The van der Waals surface area contributed by atoms with E-state index in [2.05, 4.69) is 24.3 Å². The molecule has 2 heterocycles. The fraction of sp³-hybridized carbons (Fsp3) is 0.353. The molecule has 20 heavy (non-hydrogen) atoms. The minimum absolute atomic E-state index is 0.153. The lowest BCUT2D eigenvalue weighted by Crippen LogP contribution is -2.50. The second kappa shape index (κ2) is 3.98. The Bertz CT molecular complexity index is 659. The number of hydrogen-bond donors (Lipinski definition) is 0. The summed E-state index contributed by atoms with van der Waals surface area (Å²) in [7, 11) is 1.69. The quantitative estimate of drug-likeness (QED) is 0.782. The van der Waals surface area contributed by atoms with Crippen LogP contribution in [0.1, 0.15) is 24.0 Å². The van der Waals surface area contributed by atoms with Crippen molar-refractivity contribution >= 4 is 5.91 Å². The monoisotopic (exact) mass is 267 g/mol. The van der Waals surface area contributed by atoms with Crippen LogP contribution in [0.3, 0.4) is 0 Å². The maximum absolute atomic E-state index is 12.3. The van der Waals surface area contributed by atoms with Crippen molar-refractivity contribution in [3.63, 3.8) is 0 Å². The van der Waals surface area contributed by atoms with E-state index in [1.54, 1.807) is 7.11 Å². The topological polar surface area (TPSA) is 29.5 Å². The van der Waals surface area contributed by atoms with E-state index < -0.39 is 0 Å². The Morgan fingerprint density at radius 1 is 1.35 bits per heavy atom. The van der Waals surface area contributed by atoms with E-state index in [9.17, 15) is 4.79 Å². The number of carbonyl (C=O) groups excluding carboxylic acids is 1. The van der Waals surface area contributed by atoms with Gasteiger partial charge in [-0.15, -0.1) is 0 Å². The maximum atomic E-state index is 12.3. The summed E-state index contributed by atoms with van der Waals surface area (Å²) >= 11 is 0. The molecule has 0 saturated carbocycles. The summed E-state index contributed by atoms with van der Waals surface area (Å²) < 4.78 is 5.39. The van der Waals surface area contributed by atoms with Crippen LogP contribution in [0.2, 0.25) is 0 Å². The molecule has 1 aromatic carbocycles. The average Bonchev–Trinajstić information content (AvgIpc) is 2.79. The van der Waals surface area contributed by atoms with Gasteiger partial charge in [0.15, 0.2) is 0 Å². The molecule has 0 fully saturated rings. The number of nitrogens with zero attached hydrogens (tertiary/aromatic N) is 1. The third-order valence-electron chi connectivity index (χ3n) is 4.82. The van der Waals surface area contributed by atoms with Gasteiger partial charge in [0.05, 0.1) is 12.6 Å². The standard InChI is InChI=1S/C17H17NO2/c1-20-14-6-5-12-7-9-18-16(19)10-13-4-2-3-8-17(13,18)15(12)11-14/h2,4-6,10-11H,3,7-9H2,1H3. The molecule has 1 atom stereocenters. The van der Waals surface area contributed by atoms with Crippen LogP contribution in [0.25, 0.3) is 0 Å². The molecule has 1 spiro atoms. The average molecular weight is 267 g/mol. The molecule has 1 amide bonds. The molecule has 3 aliphatic rings. The molecule has 3 nitrogen and oxygen atoms in total. The summed E-state index contributed by atoms with van der Waals surface area (Å²) in [6.07, 6.45) is 9.01. The summed E-state index contributed by atoms with van der Waals surface area (Å²) in [6, 6.07) is 6.29. The van der Waals surface area contributed by atoms with E-state index in [0.717, 1.165) is 37.1 Å². The van der Waals surface area contributed by atoms with Gasteiger partial charge in [-0.3, -0.25) is 4.79 Å². The Hall–Kier alpha value is -2.03. The smallest absolute Gasteiger partial charge is 0.247 e. The predicted octanol–water partition coefficient (Wildman–Crippen LogP) is 2.57. The van der Waals surface area contributed by atoms with Crippen LogP contribution < -0.4 is 4.74 Å². The van der Waals surface area contributed by atoms with Crippen molar-refractivity contribution in [2.45, 2.75) is 24.8 Å². The van der Waals surface area contributed by atoms with E-state index in [-0.39, 0.29) is 11.4 Å². The first kappa shape index (κ1) is 11.8. The number of carbonyl (C=O) groups is 1. The van der Waals surface area contributed by atoms with Gasteiger partial charge in [0.25, 0.3) is 0 Å². The Kier molecular flexibility index (Phi) is 2.34. The molecular weight excluding hydrogens is 250 g/mol. The molecule has 0 N–H and O–H groups in total. The molecule has 0 saturated heterocycles. The Labute approximate surface area is 118 Å². The number of amides is 1. The molecule has 0 radical (unpaired) electrons. The first-order valence-corrected chi connectivity index (χ1v) is 7.13. The van der Waals surface area contributed by atoms with Crippen molar-refractivity contribution in [2.75, 3.05) is 13.7 Å². The second-order valence-corrected chi connectivity index (χ2v) is 5.66. The number of allylic oxidation sites excluding steroid dienone is 1. The van der Waals surface area contributed by atoms with E-state index in [1.807, 2.05) is 17.0 Å². The van der Waals surface area contributed by atoms with Gasteiger partial charge in [-0.2, -0.15) is 0 Å². The molecule has 1 aliphatic carbocycles. The second-order valence-electron chi connectivity index (χ2n) is 5.66. The van der Waals surface area contributed by atoms with E-state index in [1.165, 1.54) is 11.1 Å². The number of fused-ring (bicyclic) bond motifs is 1. The predicted molar refractivity (Wildman–Crippen MR) is 76.5 cm³/mol. The Morgan fingerprint density at radius 3 is 3.10 bits per heavy atom. The van der Waals surface area contributed by atoms with Gasteiger partial charge in [0, 0.05) is 12.6 Å². The highest BCUT2D eigenvalue weighted by atomic mass is 16.5. The molecule has 0 bridgehead atoms. The highest BCUT2D eigenvalue weighted by molar-refractivity contribution is 5.94. The summed E-state index contributed by atoms with van der Waals surface area (Å²) in [6.45, 7) is 0.812. The van der Waals surface area contributed by atoms with Gasteiger partial charge in [0.2, 0.25) is 5.91 Å². The van der Waals surface area contributed by atoms with Gasteiger partial charge in [0.1, 0.15) is 5.75 Å². The van der Waals surface area contributed by atoms with Gasteiger partial charge in [-0.1, -0.05) is 18.2 Å². The van der Waals surface area contributed by atoms with Crippen molar-refractivity contribution in [1.82, 2.24) is 4.90 Å². The highest BCUT2D eigenvalue weighted by Crippen LogP contribution is 2.51. The van der Waals surface area contributed by atoms with Crippen LogP contribution in [0.4, 0.5) is 0 Å². The summed E-state index contributed by atoms with van der Waals surface area (Å²) in [5.41, 5.74) is 3.50. The SMILES string of the molecule is COc1ccc2c(c1)C13CCC=CC1=CC(=O)N3CC2. The largest absolute Gasteiger partial charge is 0.497 e. The van der Waals surface area contributed by atoms with E-state index in [4.69, 9.17) is 4.74 Å². The van der Waals surface area contributed by atoms with E-state index >= 15 is 0 Å². The van der Waals surface area contributed by atoms with Crippen molar-refractivity contribution in [3.8, 4) is 5.75 Å². The van der Waals surface area contributed by atoms with Crippen molar-refractivity contribution in [3.05, 3.63) is 53.1 Å². The zero-order chi connectivity index (χ0) is 13.7. The molecule has 0 aromatic heterocycles. The summed E-state index contributed by atoms with van der Waals surface area (Å²) in [5.74, 6) is 1.02. The maximum Gasteiger partial charge on any atom is 0.247 e. The van der Waals surface area contributed by atoms with Crippen molar-refractivity contribution in [2.24, 2.45) is 0 Å². The van der Waals surface area contributed by atoms with Gasteiger partial charge < -0.3 is 9.64 Å². The van der Waals surface area contributed by atoms with Gasteiger partial charge in [-0.25, -0.2) is 0 Å². The summed E-state index contributed by atoms with van der Waals surface area (Å²) in [4.78, 5) is 14.4. The zero-order valence-electron chi connectivity index (χ0n) is 11.6. The Morgan fingerprint density at radius 2 is 2.25 bits per heavy atom. The lowest BCUT2D eigenvalue weighted by molar-refractivity contribution is -0.129. The minimum atomic E-state index is -0.242. The van der Waals surface area contributed by atoms with Crippen LogP contribution in [0.5, 0.6) is 5.75 Å². The molecule has 1 aromatic rings. The zero-order valence-corrected chi connectivity index (χ0v) is 11.6. The van der Waals surface area contributed by atoms with Gasteiger partial charge >= 0.3 is 0 Å². The number of benzene rings is 1. The molecule has 3 heteroatoms. The van der Waals surface area contributed by atoms with Gasteiger partial charge in [-0.05, 0) is 48.1 Å². The van der Waals surface area contributed by atoms with Crippen LogP contribution in [0, 0.1) is 0 Å². The fourth-order valence-electron chi connectivity index (χ4n) is 3.90. The molecule has 102 valence electrons. The minimum Gasteiger partial charge on any atom is -0.497 e. The highest BCUT2D eigenvalue weighted by Gasteiger charge is 2.51. The fourth-order valence-corrected chi connectivity index (χ4v) is 3.90. The first-order valence-electron chi connectivity index (χ1n) is 7.13. The third kappa shape index (κ3) is 1.33. The Balaban J connectivity index is 1.97.